The number of carbonyl (C=O) groups is 1. The van der Waals surface area contributed by atoms with Gasteiger partial charge in [0, 0.05) is 26.2 Å². The topological polar surface area (TPSA) is 68.0 Å². The molecule has 1 amide bonds. The van der Waals surface area contributed by atoms with Gasteiger partial charge in [-0.3, -0.25) is 9.69 Å². The largest absolute Gasteiger partial charge is 0.454 e. The zero-order chi connectivity index (χ0) is 21.9. The fourth-order valence-corrected chi connectivity index (χ4v) is 4.11. The zero-order valence-corrected chi connectivity index (χ0v) is 17.6. The van der Waals surface area contributed by atoms with Crippen molar-refractivity contribution in [1.82, 2.24) is 14.8 Å². The number of ether oxygens (including phenoxy) is 2. The van der Waals surface area contributed by atoms with Crippen molar-refractivity contribution in [2.24, 2.45) is 0 Å². The van der Waals surface area contributed by atoms with E-state index in [2.05, 4.69) is 9.88 Å². The molecule has 2 aliphatic heterocycles. The van der Waals surface area contributed by atoms with Gasteiger partial charge in [0.25, 0.3) is 5.91 Å². The summed E-state index contributed by atoms with van der Waals surface area (Å²) in [6.07, 6.45) is 3.47. The Bertz CT molecular complexity index is 1110. The number of fused-ring (bicyclic) bond motifs is 1. The Balaban J connectivity index is 1.34. The molecule has 1 saturated heterocycles. The van der Waals surface area contributed by atoms with Crippen LogP contribution in [0.5, 0.6) is 11.5 Å². The van der Waals surface area contributed by atoms with Gasteiger partial charge in [-0.1, -0.05) is 18.2 Å². The van der Waals surface area contributed by atoms with E-state index in [1.807, 2.05) is 24.3 Å². The summed E-state index contributed by atoms with van der Waals surface area (Å²) in [4.78, 5) is 20.9. The number of oxazole rings is 1. The van der Waals surface area contributed by atoms with Crippen LogP contribution < -0.4 is 9.47 Å². The summed E-state index contributed by atoms with van der Waals surface area (Å²) >= 11 is 0. The summed E-state index contributed by atoms with van der Waals surface area (Å²) in [5.41, 5.74) is 2.19. The predicted molar refractivity (Wildman–Crippen MR) is 114 cm³/mol. The lowest BCUT2D eigenvalue weighted by Crippen LogP contribution is -2.28. The Hall–Kier alpha value is -3.39. The van der Waals surface area contributed by atoms with Gasteiger partial charge in [-0.05, 0) is 48.2 Å². The quantitative estimate of drug-likeness (QED) is 0.557. The Morgan fingerprint density at radius 1 is 1.00 bits per heavy atom. The molecule has 5 rings (SSSR count). The summed E-state index contributed by atoms with van der Waals surface area (Å²) in [5, 5.41) is 0. The number of likely N-dealkylation sites (tertiary alicyclic amines) is 1. The highest BCUT2D eigenvalue weighted by atomic mass is 19.1. The Labute approximate surface area is 185 Å². The molecule has 0 bridgehead atoms. The molecule has 0 atom stereocenters. The number of halogens is 1. The van der Waals surface area contributed by atoms with Crippen LogP contribution in [0.15, 0.2) is 53.1 Å². The smallest absolute Gasteiger partial charge is 0.275 e. The lowest BCUT2D eigenvalue weighted by molar-refractivity contribution is 0.0787. The molecule has 0 spiro atoms. The van der Waals surface area contributed by atoms with E-state index >= 15 is 0 Å². The van der Waals surface area contributed by atoms with Crippen LogP contribution in [-0.4, -0.2) is 40.6 Å². The molecule has 0 unspecified atom stereocenters. The minimum absolute atomic E-state index is 0.0926. The Morgan fingerprint density at radius 3 is 2.59 bits per heavy atom. The van der Waals surface area contributed by atoms with E-state index in [9.17, 15) is 9.18 Å². The van der Waals surface area contributed by atoms with Crippen LogP contribution in [0.4, 0.5) is 4.39 Å². The number of hydrogen-bond acceptors (Lipinski definition) is 6. The number of amides is 1. The van der Waals surface area contributed by atoms with Gasteiger partial charge in [-0.25, -0.2) is 9.37 Å². The lowest BCUT2D eigenvalue weighted by atomic mass is 10.1. The molecule has 1 fully saturated rings. The molecule has 166 valence electrons. The molecule has 3 aromatic rings. The second-order valence-electron chi connectivity index (χ2n) is 8.09. The van der Waals surface area contributed by atoms with Crippen molar-refractivity contribution < 1.29 is 23.1 Å². The van der Waals surface area contributed by atoms with Gasteiger partial charge in [-0.2, -0.15) is 0 Å². The van der Waals surface area contributed by atoms with Crippen LogP contribution in [0.1, 0.15) is 40.3 Å². The average molecular weight is 437 g/mol. The van der Waals surface area contributed by atoms with Gasteiger partial charge < -0.3 is 18.8 Å². The van der Waals surface area contributed by atoms with Crippen LogP contribution in [-0.2, 0) is 19.6 Å². The number of benzene rings is 2. The van der Waals surface area contributed by atoms with E-state index in [0.29, 0.717) is 37.0 Å². The Kier molecular flexibility index (Phi) is 5.77. The number of aromatic nitrogens is 1. The van der Waals surface area contributed by atoms with Crippen molar-refractivity contribution in [2.45, 2.75) is 32.5 Å². The molecule has 0 radical (unpaired) electrons. The third-order valence-electron chi connectivity index (χ3n) is 5.66. The zero-order valence-electron chi connectivity index (χ0n) is 17.6. The highest BCUT2D eigenvalue weighted by molar-refractivity contribution is 5.92. The van der Waals surface area contributed by atoms with Crippen LogP contribution in [0.2, 0.25) is 0 Å². The van der Waals surface area contributed by atoms with Crippen molar-refractivity contribution in [3.05, 3.63) is 77.3 Å². The Morgan fingerprint density at radius 2 is 1.78 bits per heavy atom. The maximum atomic E-state index is 13.7. The minimum Gasteiger partial charge on any atom is -0.454 e. The molecular formula is C24H24FN3O4. The third-order valence-corrected chi connectivity index (χ3v) is 5.66. The molecular weight excluding hydrogens is 413 g/mol. The summed E-state index contributed by atoms with van der Waals surface area (Å²) in [5.74, 6) is 1.51. The molecule has 3 heterocycles. The monoisotopic (exact) mass is 437 g/mol. The molecule has 0 aliphatic carbocycles. The van der Waals surface area contributed by atoms with Crippen molar-refractivity contribution >= 4 is 5.91 Å². The van der Waals surface area contributed by atoms with Gasteiger partial charge in [0.2, 0.25) is 12.7 Å². The van der Waals surface area contributed by atoms with Crippen LogP contribution >= 0.6 is 0 Å². The molecule has 8 heteroatoms. The van der Waals surface area contributed by atoms with Gasteiger partial charge in [0.1, 0.15) is 12.1 Å². The fraction of sp³-hybridized carbons (Fsp3) is 0.333. The summed E-state index contributed by atoms with van der Waals surface area (Å²) in [6.45, 7) is 3.16. The second-order valence-corrected chi connectivity index (χ2v) is 8.09. The van der Waals surface area contributed by atoms with Crippen LogP contribution in [0.25, 0.3) is 0 Å². The maximum Gasteiger partial charge on any atom is 0.275 e. The third kappa shape index (κ3) is 4.60. The summed E-state index contributed by atoms with van der Waals surface area (Å²) in [7, 11) is 0. The first kappa shape index (κ1) is 20.5. The molecule has 0 saturated carbocycles. The van der Waals surface area contributed by atoms with E-state index in [1.165, 1.54) is 18.4 Å². The van der Waals surface area contributed by atoms with Crippen LogP contribution in [0.3, 0.4) is 0 Å². The van der Waals surface area contributed by atoms with Crippen molar-refractivity contribution in [1.29, 1.82) is 0 Å². The van der Waals surface area contributed by atoms with Gasteiger partial charge >= 0.3 is 0 Å². The number of hydrogen-bond donors (Lipinski definition) is 0. The van der Waals surface area contributed by atoms with E-state index in [4.69, 9.17) is 13.9 Å². The first-order valence-electron chi connectivity index (χ1n) is 10.7. The molecule has 1 aromatic heterocycles. The maximum absolute atomic E-state index is 13.7. The highest BCUT2D eigenvalue weighted by Crippen LogP contribution is 2.33. The highest BCUT2D eigenvalue weighted by Gasteiger charge is 2.23. The van der Waals surface area contributed by atoms with Crippen molar-refractivity contribution in [3.63, 3.8) is 0 Å². The standard InChI is InChI=1S/C24H24FN3O4/c25-19-5-3-4-17(10-19)12-27(13-18-6-7-21-22(11-18)32-16-31-21)14-23-26-20(15-30-23)24(29)28-8-1-2-9-28/h3-7,10-11,15H,1-2,8-9,12-14,16H2. The van der Waals surface area contributed by atoms with Gasteiger partial charge in [0.15, 0.2) is 17.2 Å². The molecule has 7 nitrogen and oxygen atoms in total. The number of rotatable bonds is 7. The van der Waals surface area contributed by atoms with Crippen molar-refractivity contribution in [2.75, 3.05) is 19.9 Å². The van der Waals surface area contributed by atoms with Gasteiger partial charge in [0.05, 0.1) is 6.54 Å². The fourth-order valence-electron chi connectivity index (χ4n) is 4.11. The second kappa shape index (κ2) is 9.00. The van der Waals surface area contributed by atoms with Crippen LogP contribution in [0, 0.1) is 5.82 Å². The van der Waals surface area contributed by atoms with E-state index in [1.54, 1.807) is 11.0 Å². The molecule has 32 heavy (non-hydrogen) atoms. The van der Waals surface area contributed by atoms with E-state index < -0.39 is 0 Å². The normalized spacial score (nSPS) is 15.0. The minimum atomic E-state index is -0.278. The SMILES string of the molecule is O=C(c1coc(CN(Cc2cccc(F)c2)Cc2ccc3c(c2)OCO3)n1)N1CCCC1. The summed E-state index contributed by atoms with van der Waals surface area (Å²) < 4.78 is 30.2. The van der Waals surface area contributed by atoms with Crippen molar-refractivity contribution in [3.8, 4) is 11.5 Å². The average Bonchev–Trinajstić information content (AvgIpc) is 3.55. The number of nitrogens with zero attached hydrogens (tertiary/aromatic N) is 3. The molecule has 2 aliphatic rings. The van der Waals surface area contributed by atoms with E-state index in [-0.39, 0.29) is 18.5 Å². The lowest BCUT2D eigenvalue weighted by Gasteiger charge is -2.21. The molecule has 2 aromatic carbocycles. The predicted octanol–water partition coefficient (Wildman–Crippen LogP) is 3.98. The number of carbonyl (C=O) groups excluding carboxylic acids is 1. The van der Waals surface area contributed by atoms with E-state index in [0.717, 1.165) is 42.8 Å². The summed E-state index contributed by atoms with van der Waals surface area (Å²) in [6, 6.07) is 12.3. The van der Waals surface area contributed by atoms with Gasteiger partial charge in [-0.15, -0.1) is 0 Å². The molecule has 0 N–H and O–H groups in total. The first-order valence-corrected chi connectivity index (χ1v) is 10.7. The first-order chi connectivity index (χ1) is 15.6.